The van der Waals surface area contributed by atoms with Gasteiger partial charge in [0.15, 0.2) is 17.1 Å². The van der Waals surface area contributed by atoms with Crippen LogP contribution in [0.25, 0.3) is 0 Å². The summed E-state index contributed by atoms with van der Waals surface area (Å²) >= 11 is 0.906. The number of nitrogens with one attached hydrogen (secondary N) is 1. The van der Waals surface area contributed by atoms with E-state index in [0.717, 1.165) is 11.3 Å². The number of anilines is 1. The highest BCUT2D eigenvalue weighted by molar-refractivity contribution is 7.80. The van der Waals surface area contributed by atoms with Crippen LogP contribution in [-0.2, 0) is 33.9 Å². The quantitative estimate of drug-likeness (QED) is 0.0689. The molecule has 0 aliphatic carbocycles. The smallest absolute Gasteiger partial charge is 0.418 e. The lowest BCUT2D eigenvalue weighted by Crippen LogP contribution is -2.74. The first-order chi connectivity index (χ1) is 13.4. The number of hydrogen-bond donors (Lipinski definition) is 6. The molecule has 1 aromatic heterocycles. The van der Waals surface area contributed by atoms with E-state index >= 15 is 0 Å². The zero-order chi connectivity index (χ0) is 21.9. The molecule has 1 saturated heterocycles. The van der Waals surface area contributed by atoms with Crippen molar-refractivity contribution in [1.29, 1.82) is 0 Å². The summed E-state index contributed by atoms with van der Waals surface area (Å²) in [6.45, 7) is -0.910. The molecule has 2 amide bonds. The highest BCUT2D eigenvalue weighted by Gasteiger charge is 2.55. The van der Waals surface area contributed by atoms with Crippen LogP contribution in [0.3, 0.4) is 0 Å². The summed E-state index contributed by atoms with van der Waals surface area (Å²) in [5.41, 5.74) is 4.71. The Labute approximate surface area is 165 Å². The van der Waals surface area contributed by atoms with Crippen LogP contribution in [0.4, 0.5) is 5.13 Å². The van der Waals surface area contributed by atoms with Gasteiger partial charge in [-0.3, -0.25) is 14.1 Å². The summed E-state index contributed by atoms with van der Waals surface area (Å²) in [4.78, 5) is 43.2. The third-order valence-corrected chi connectivity index (χ3v) is 4.21. The van der Waals surface area contributed by atoms with Crippen molar-refractivity contribution >= 4 is 50.4 Å². The van der Waals surface area contributed by atoms with Crippen molar-refractivity contribution < 1.29 is 51.8 Å². The van der Waals surface area contributed by atoms with Crippen molar-refractivity contribution in [3.8, 4) is 0 Å². The summed E-state index contributed by atoms with van der Waals surface area (Å²) in [5.74, 6) is -3.82. The molecule has 0 radical (unpaired) electrons. The molecular weight excluding hydrogens is 442 g/mol. The van der Waals surface area contributed by atoms with Crippen molar-refractivity contribution in [2.75, 3.05) is 12.3 Å². The Morgan fingerprint density at radius 2 is 2.10 bits per heavy atom. The van der Waals surface area contributed by atoms with E-state index in [4.69, 9.17) is 15.4 Å². The maximum absolute atomic E-state index is 12.4. The summed E-state index contributed by atoms with van der Waals surface area (Å²) in [6, 6.07) is -3.51. The molecule has 2 rings (SSSR count). The molecule has 2 unspecified atom stereocenters. The number of rotatable bonds is 9. The third kappa shape index (κ3) is 5.56. The zero-order valence-electron chi connectivity index (χ0n) is 13.9. The molecule has 2 heterocycles. The second-order valence-electron chi connectivity index (χ2n) is 5.20. The molecule has 16 nitrogen and oxygen atoms in total. The SMILES string of the molecule is Nc1nc(/C(=N/OCC(=O)O)C(=O)NC2C(=O)N(OS(=O)(=O)O)C2C(O)O)cs1. The van der Waals surface area contributed by atoms with Crippen LogP contribution in [0.2, 0.25) is 0 Å². The van der Waals surface area contributed by atoms with Gasteiger partial charge < -0.3 is 31.2 Å². The summed E-state index contributed by atoms with van der Waals surface area (Å²) in [5, 5.41) is 33.8. The number of oxime groups is 1. The second kappa shape index (κ2) is 8.63. The monoisotopic (exact) mass is 455 g/mol. The number of aliphatic hydroxyl groups is 2. The van der Waals surface area contributed by atoms with Crippen molar-refractivity contribution in [3.05, 3.63) is 11.1 Å². The molecule has 1 aliphatic heterocycles. The predicted octanol–water partition coefficient (Wildman–Crippen LogP) is -3.73. The molecule has 1 aliphatic rings. The lowest BCUT2D eigenvalue weighted by molar-refractivity contribution is -0.236. The maximum Gasteiger partial charge on any atom is 0.418 e. The van der Waals surface area contributed by atoms with E-state index in [1.807, 2.05) is 5.32 Å². The summed E-state index contributed by atoms with van der Waals surface area (Å²) in [7, 11) is -5.16. The van der Waals surface area contributed by atoms with Crippen LogP contribution in [0.15, 0.2) is 10.5 Å². The van der Waals surface area contributed by atoms with Gasteiger partial charge in [-0.15, -0.1) is 15.6 Å². The number of hydrogen-bond acceptors (Lipinski definition) is 13. The van der Waals surface area contributed by atoms with E-state index in [1.165, 1.54) is 5.38 Å². The minimum Gasteiger partial charge on any atom is -0.479 e. The Hall–Kier alpha value is -2.90. The van der Waals surface area contributed by atoms with Gasteiger partial charge in [0.05, 0.1) is 0 Å². The van der Waals surface area contributed by atoms with E-state index in [-0.39, 0.29) is 15.9 Å². The summed E-state index contributed by atoms with van der Waals surface area (Å²) in [6.07, 6.45) is -2.38. The molecule has 29 heavy (non-hydrogen) atoms. The fourth-order valence-electron chi connectivity index (χ4n) is 2.07. The highest BCUT2D eigenvalue weighted by atomic mass is 32.3. The first kappa shape index (κ1) is 22.4. The number of nitrogens with zero attached hydrogens (tertiary/aromatic N) is 3. The van der Waals surface area contributed by atoms with Gasteiger partial charge in [0.1, 0.15) is 17.8 Å². The van der Waals surface area contributed by atoms with Gasteiger partial charge in [-0.1, -0.05) is 5.16 Å². The number of amides is 2. The molecule has 0 bridgehead atoms. The fourth-order valence-corrected chi connectivity index (χ4v) is 3.00. The van der Waals surface area contributed by atoms with Crippen molar-refractivity contribution in [1.82, 2.24) is 15.4 Å². The van der Waals surface area contributed by atoms with E-state index in [0.29, 0.717) is 0 Å². The van der Waals surface area contributed by atoms with Gasteiger partial charge in [-0.2, -0.15) is 13.5 Å². The Kier molecular flexibility index (Phi) is 6.66. The number of thiazole rings is 1. The number of aliphatic carboxylic acids is 1. The number of nitrogen functional groups attached to an aromatic ring is 1. The highest BCUT2D eigenvalue weighted by Crippen LogP contribution is 2.24. The minimum atomic E-state index is -5.16. The van der Waals surface area contributed by atoms with Gasteiger partial charge in [0.2, 0.25) is 6.61 Å². The van der Waals surface area contributed by atoms with Crippen LogP contribution >= 0.6 is 11.3 Å². The topological polar surface area (TPSA) is 251 Å². The molecule has 18 heteroatoms. The van der Waals surface area contributed by atoms with Gasteiger partial charge in [0, 0.05) is 5.38 Å². The number of carbonyl (C=O) groups is 3. The molecule has 1 fully saturated rings. The number of aromatic nitrogens is 1. The number of carbonyl (C=O) groups excluding carboxylic acids is 2. The van der Waals surface area contributed by atoms with Crippen molar-refractivity contribution in [3.63, 3.8) is 0 Å². The van der Waals surface area contributed by atoms with E-state index in [1.54, 1.807) is 0 Å². The van der Waals surface area contributed by atoms with Crippen LogP contribution in [0.5, 0.6) is 0 Å². The lowest BCUT2D eigenvalue weighted by Gasteiger charge is -2.44. The molecule has 0 saturated carbocycles. The lowest BCUT2D eigenvalue weighted by atomic mass is 9.97. The van der Waals surface area contributed by atoms with E-state index in [2.05, 4.69) is 19.3 Å². The average Bonchev–Trinajstić information content (AvgIpc) is 3.01. The number of hydroxylamine groups is 2. The Morgan fingerprint density at radius 3 is 2.59 bits per heavy atom. The molecular formula is C11H13N5O11S2. The molecule has 0 spiro atoms. The van der Waals surface area contributed by atoms with Crippen molar-refractivity contribution in [2.45, 2.75) is 18.4 Å². The predicted molar refractivity (Wildman–Crippen MR) is 90.1 cm³/mol. The Balaban J connectivity index is 2.21. The van der Waals surface area contributed by atoms with Gasteiger partial charge >= 0.3 is 16.4 Å². The number of carboxylic acids is 1. The largest absolute Gasteiger partial charge is 0.479 e. The fraction of sp³-hybridized carbons (Fsp3) is 0.364. The Bertz CT molecular complexity index is 943. The summed E-state index contributed by atoms with van der Waals surface area (Å²) < 4.78 is 34.0. The van der Waals surface area contributed by atoms with Gasteiger partial charge in [-0.25, -0.2) is 9.78 Å². The standard InChI is InChI=1S/C11H13N5O11S2/c12-11-13-3(2-28-11)5(15-26-1-4(17)18)8(19)14-6-7(10(21)22)16(9(6)20)27-29(23,24)25/h2,6-7,10,21-22H,1H2,(H2,12,13)(H,14,19)(H,17,18)(H,23,24,25)/b15-5-. The third-order valence-electron chi connectivity index (χ3n) is 3.19. The number of carboxylic acid groups (broad SMARTS) is 1. The molecule has 160 valence electrons. The number of aliphatic hydroxyl groups excluding tert-OH is 1. The van der Waals surface area contributed by atoms with Crippen LogP contribution < -0.4 is 11.1 Å². The zero-order valence-corrected chi connectivity index (χ0v) is 15.5. The molecule has 2 atom stereocenters. The maximum atomic E-state index is 12.4. The molecule has 7 N–H and O–H groups in total. The van der Waals surface area contributed by atoms with Gasteiger partial charge in [-0.05, 0) is 0 Å². The molecule has 0 aromatic carbocycles. The number of β-lactam (4-membered cyclic amide) rings is 1. The van der Waals surface area contributed by atoms with Crippen molar-refractivity contribution in [2.24, 2.45) is 5.16 Å². The van der Waals surface area contributed by atoms with Gasteiger partial charge in [0.25, 0.3) is 11.8 Å². The first-order valence-electron chi connectivity index (χ1n) is 7.21. The number of nitrogens with two attached hydrogens (primary N) is 1. The van der Waals surface area contributed by atoms with E-state index < -0.39 is 58.9 Å². The van der Waals surface area contributed by atoms with Crippen LogP contribution in [0.1, 0.15) is 5.69 Å². The normalized spacial score (nSPS) is 19.8. The molecule has 1 aromatic rings. The second-order valence-corrected chi connectivity index (χ2v) is 7.09. The first-order valence-corrected chi connectivity index (χ1v) is 9.45. The minimum absolute atomic E-state index is 0.0230. The van der Waals surface area contributed by atoms with Crippen LogP contribution in [-0.4, -0.2) is 86.8 Å². The Morgan fingerprint density at radius 1 is 1.45 bits per heavy atom. The average molecular weight is 455 g/mol. The van der Waals surface area contributed by atoms with Crippen LogP contribution in [0, 0.1) is 0 Å². The van der Waals surface area contributed by atoms with E-state index in [9.17, 15) is 33.0 Å².